The van der Waals surface area contributed by atoms with E-state index in [1.54, 1.807) is 0 Å². The second kappa shape index (κ2) is 78.0. The zero-order chi connectivity index (χ0) is 63.5. The van der Waals surface area contributed by atoms with Crippen LogP contribution in [0.4, 0.5) is 0 Å². The van der Waals surface area contributed by atoms with Crippen LogP contribution in [0.2, 0.25) is 0 Å². The zero-order valence-corrected chi connectivity index (χ0v) is 60.3. The summed E-state index contributed by atoms with van der Waals surface area (Å²) in [6, 6.07) is -0.538. The third-order valence-electron chi connectivity index (χ3n) is 19.6. The molecule has 6 nitrogen and oxygen atoms in total. The van der Waals surface area contributed by atoms with Crippen molar-refractivity contribution in [1.82, 2.24) is 5.32 Å². The molecule has 6 heteroatoms. The fourth-order valence-electron chi connectivity index (χ4n) is 13.3. The van der Waals surface area contributed by atoms with Gasteiger partial charge in [0, 0.05) is 12.8 Å². The van der Waals surface area contributed by atoms with Crippen LogP contribution >= 0.6 is 0 Å². The van der Waals surface area contributed by atoms with E-state index < -0.39 is 12.1 Å². The maximum atomic E-state index is 12.6. The molecule has 0 saturated carbocycles. The minimum Gasteiger partial charge on any atom is -0.466 e. The zero-order valence-electron chi connectivity index (χ0n) is 60.3. The number of rotatable bonds is 78. The van der Waals surface area contributed by atoms with E-state index in [4.69, 9.17) is 4.74 Å². The van der Waals surface area contributed by atoms with Crippen molar-refractivity contribution >= 4 is 11.9 Å². The molecular formula is C82H161NO5. The molecule has 0 rings (SSSR count). The number of carbonyl (C=O) groups excluding carboxylic acids is 2. The molecule has 0 aromatic carbocycles. The Balaban J connectivity index is 3.31. The van der Waals surface area contributed by atoms with Gasteiger partial charge >= 0.3 is 5.97 Å². The number of hydrogen-bond acceptors (Lipinski definition) is 5. The molecular weight excluding hydrogens is 1080 g/mol. The Kier molecular flexibility index (Phi) is 76.8. The van der Waals surface area contributed by atoms with Crippen LogP contribution in [0.1, 0.15) is 476 Å². The van der Waals surface area contributed by atoms with E-state index in [0.717, 1.165) is 38.5 Å². The quantitative estimate of drug-likeness (QED) is 0.0320. The van der Waals surface area contributed by atoms with E-state index in [0.29, 0.717) is 25.9 Å². The average molecular weight is 1240 g/mol. The summed E-state index contributed by atoms with van der Waals surface area (Å²) in [5.74, 6) is -0.00258. The molecule has 0 bridgehead atoms. The Morgan fingerprint density at radius 3 is 0.807 bits per heavy atom. The molecule has 0 fully saturated rings. The second-order valence-corrected chi connectivity index (χ2v) is 28.5. The van der Waals surface area contributed by atoms with Gasteiger partial charge in [0.2, 0.25) is 5.91 Å². The molecule has 0 aromatic rings. The molecule has 524 valence electrons. The topological polar surface area (TPSA) is 95.9 Å². The van der Waals surface area contributed by atoms with Crippen LogP contribution < -0.4 is 5.32 Å². The minimum absolute atomic E-state index is 0.0222. The Bertz CT molecular complexity index is 1340. The fraction of sp³-hybridized carbons (Fsp3) is 0.951. The van der Waals surface area contributed by atoms with Crippen LogP contribution in [0.15, 0.2) is 12.2 Å². The summed E-state index contributed by atoms with van der Waals surface area (Å²) in [5.41, 5.74) is 0. The van der Waals surface area contributed by atoms with Crippen molar-refractivity contribution < 1.29 is 24.5 Å². The average Bonchev–Trinajstić information content (AvgIpc) is 3.58. The van der Waals surface area contributed by atoms with Gasteiger partial charge in [-0.05, 0) is 51.4 Å². The van der Waals surface area contributed by atoms with Crippen LogP contribution in [-0.2, 0) is 14.3 Å². The van der Waals surface area contributed by atoms with Crippen LogP contribution in [-0.4, -0.2) is 47.4 Å². The minimum atomic E-state index is -0.661. The summed E-state index contributed by atoms with van der Waals surface area (Å²) in [4.78, 5) is 24.7. The van der Waals surface area contributed by atoms with Crippen molar-refractivity contribution in [3.05, 3.63) is 12.2 Å². The van der Waals surface area contributed by atoms with E-state index in [9.17, 15) is 19.8 Å². The van der Waals surface area contributed by atoms with Crippen molar-refractivity contribution in [2.24, 2.45) is 0 Å². The summed E-state index contributed by atoms with van der Waals surface area (Å²) in [6.45, 7) is 5.01. The van der Waals surface area contributed by atoms with Crippen LogP contribution in [0.5, 0.6) is 0 Å². The number of aliphatic hydroxyl groups is 2. The molecule has 0 aliphatic rings. The molecule has 0 aromatic heterocycles. The smallest absolute Gasteiger partial charge is 0.305 e. The first-order valence-corrected chi connectivity index (χ1v) is 40.9. The highest BCUT2D eigenvalue weighted by Gasteiger charge is 2.20. The number of allylic oxidation sites excluding steroid dienone is 2. The lowest BCUT2D eigenvalue weighted by molar-refractivity contribution is -0.143. The Morgan fingerprint density at radius 2 is 0.534 bits per heavy atom. The van der Waals surface area contributed by atoms with E-state index in [2.05, 4.69) is 31.3 Å². The number of ether oxygens (including phenoxy) is 1. The lowest BCUT2D eigenvalue weighted by Crippen LogP contribution is -2.45. The molecule has 0 spiro atoms. The highest BCUT2D eigenvalue weighted by atomic mass is 16.5. The predicted octanol–water partition coefficient (Wildman–Crippen LogP) is 27.1. The first-order valence-electron chi connectivity index (χ1n) is 40.9. The molecule has 88 heavy (non-hydrogen) atoms. The van der Waals surface area contributed by atoms with E-state index in [1.165, 1.54) is 405 Å². The van der Waals surface area contributed by atoms with Crippen molar-refractivity contribution in [2.75, 3.05) is 13.2 Å². The largest absolute Gasteiger partial charge is 0.466 e. The summed E-state index contributed by atoms with van der Waals surface area (Å²) >= 11 is 0. The van der Waals surface area contributed by atoms with Crippen LogP contribution in [0, 0.1) is 0 Å². The number of esters is 1. The molecule has 0 radical (unpaired) electrons. The Labute approximate surface area is 552 Å². The van der Waals surface area contributed by atoms with Gasteiger partial charge in [0.1, 0.15) is 0 Å². The van der Waals surface area contributed by atoms with Gasteiger partial charge in [-0.2, -0.15) is 0 Å². The van der Waals surface area contributed by atoms with E-state index in [-0.39, 0.29) is 18.5 Å². The van der Waals surface area contributed by atoms with Crippen molar-refractivity contribution in [2.45, 2.75) is 488 Å². The SMILES string of the molecule is CCCCCCCC/C=C\CCCCCCCCCCCC(=O)OCCCCCCCCCCCCCCCCCCCCCCCCCCCCCCCCCCC(=O)NC(CO)C(O)CCCCCCCCCCCCCCCCCCCCCC. The molecule has 2 atom stereocenters. The third-order valence-corrected chi connectivity index (χ3v) is 19.6. The van der Waals surface area contributed by atoms with E-state index in [1.807, 2.05) is 0 Å². The van der Waals surface area contributed by atoms with Gasteiger partial charge in [0.05, 0.1) is 25.4 Å². The van der Waals surface area contributed by atoms with Crippen molar-refractivity contribution in [3.8, 4) is 0 Å². The predicted molar refractivity (Wildman–Crippen MR) is 389 cm³/mol. The van der Waals surface area contributed by atoms with Gasteiger partial charge < -0.3 is 20.3 Å². The standard InChI is InChI=1S/C82H161NO5/c1-3-5-7-9-11-13-15-17-19-21-23-39-42-46-50-54-58-62-66-70-74-80(85)79(78-84)83-81(86)75-71-67-63-59-55-51-47-43-40-36-34-32-30-28-26-24-25-27-29-31-33-35-37-41-45-49-53-57-61-65-69-73-77-88-82(87)76-72-68-64-60-56-52-48-44-38-22-20-18-16-14-12-10-8-6-4-2/h18,20,79-80,84-85H,3-17,19,21-78H2,1-2H3,(H,83,86)/b20-18-. The molecule has 3 N–H and O–H groups in total. The van der Waals surface area contributed by atoms with Gasteiger partial charge in [-0.1, -0.05) is 424 Å². The summed E-state index contributed by atoms with van der Waals surface area (Å²) in [6.07, 6.45) is 98.9. The summed E-state index contributed by atoms with van der Waals surface area (Å²) in [5, 5.41) is 23.5. The summed E-state index contributed by atoms with van der Waals surface area (Å²) in [7, 11) is 0. The fourth-order valence-corrected chi connectivity index (χ4v) is 13.3. The molecule has 2 unspecified atom stereocenters. The monoisotopic (exact) mass is 1240 g/mol. The van der Waals surface area contributed by atoms with Gasteiger partial charge in [0.15, 0.2) is 0 Å². The molecule has 1 amide bonds. The second-order valence-electron chi connectivity index (χ2n) is 28.5. The molecule has 0 aliphatic heterocycles. The number of amides is 1. The van der Waals surface area contributed by atoms with Crippen LogP contribution in [0.3, 0.4) is 0 Å². The summed E-state index contributed by atoms with van der Waals surface area (Å²) < 4.78 is 5.52. The number of hydrogen-bond donors (Lipinski definition) is 3. The van der Waals surface area contributed by atoms with Gasteiger partial charge in [-0.15, -0.1) is 0 Å². The first kappa shape index (κ1) is 86.6. The highest BCUT2D eigenvalue weighted by Crippen LogP contribution is 2.21. The molecule has 0 heterocycles. The number of nitrogens with one attached hydrogen (secondary N) is 1. The lowest BCUT2D eigenvalue weighted by atomic mass is 10.0. The number of carbonyl (C=O) groups is 2. The third kappa shape index (κ3) is 73.6. The van der Waals surface area contributed by atoms with Gasteiger partial charge in [-0.25, -0.2) is 0 Å². The lowest BCUT2D eigenvalue weighted by Gasteiger charge is -2.22. The first-order chi connectivity index (χ1) is 43.5. The normalized spacial score (nSPS) is 12.5. The maximum Gasteiger partial charge on any atom is 0.305 e. The van der Waals surface area contributed by atoms with Gasteiger partial charge in [0.25, 0.3) is 0 Å². The number of unbranched alkanes of at least 4 members (excludes halogenated alkanes) is 65. The maximum absolute atomic E-state index is 12.6. The van der Waals surface area contributed by atoms with Crippen molar-refractivity contribution in [3.63, 3.8) is 0 Å². The van der Waals surface area contributed by atoms with Gasteiger partial charge in [-0.3, -0.25) is 9.59 Å². The van der Waals surface area contributed by atoms with Crippen molar-refractivity contribution in [1.29, 1.82) is 0 Å². The molecule has 0 saturated heterocycles. The number of aliphatic hydroxyl groups excluding tert-OH is 2. The van der Waals surface area contributed by atoms with E-state index >= 15 is 0 Å². The Morgan fingerprint density at radius 1 is 0.307 bits per heavy atom. The highest BCUT2D eigenvalue weighted by molar-refractivity contribution is 5.76. The van der Waals surface area contributed by atoms with Crippen LogP contribution in [0.25, 0.3) is 0 Å². The Hall–Kier alpha value is -1.40. The molecule has 0 aliphatic carbocycles.